The lowest BCUT2D eigenvalue weighted by molar-refractivity contribution is -0.121. The predicted molar refractivity (Wildman–Crippen MR) is 66.6 cm³/mol. The molecule has 0 aromatic heterocycles. The first kappa shape index (κ1) is 11.4. The molecule has 4 N–H and O–H groups in total. The fourth-order valence-electron chi connectivity index (χ4n) is 2.04. The topological polar surface area (TPSA) is 84.7 Å². The van der Waals surface area contributed by atoms with Gasteiger partial charge in [-0.05, 0) is 25.0 Å². The van der Waals surface area contributed by atoms with E-state index in [-0.39, 0.29) is 11.9 Å². The van der Waals surface area contributed by atoms with Crippen LogP contribution in [-0.2, 0) is 4.79 Å². The van der Waals surface area contributed by atoms with Crippen molar-refractivity contribution in [2.75, 3.05) is 6.54 Å². The molecule has 1 aliphatic rings. The van der Waals surface area contributed by atoms with Gasteiger partial charge in [0.2, 0.25) is 5.91 Å². The lowest BCUT2D eigenvalue weighted by atomic mass is 10.2. The molecule has 90 valence electrons. The fraction of sp³-hybridized carbons (Fsp3) is 0.333. The van der Waals surface area contributed by atoms with Gasteiger partial charge in [0.15, 0.2) is 5.96 Å². The zero-order chi connectivity index (χ0) is 12.3. The highest BCUT2D eigenvalue weighted by Crippen LogP contribution is 2.18. The third kappa shape index (κ3) is 2.55. The maximum Gasteiger partial charge on any atom is 0.240 e. The summed E-state index contributed by atoms with van der Waals surface area (Å²) >= 11 is 0. The van der Waals surface area contributed by atoms with Crippen LogP contribution in [0.1, 0.15) is 12.8 Å². The summed E-state index contributed by atoms with van der Waals surface area (Å²) in [6.07, 6.45) is 1.67. The number of hydrogen-bond donors (Lipinski definition) is 2. The zero-order valence-corrected chi connectivity index (χ0v) is 9.54. The maximum absolute atomic E-state index is 11.2. The molecule has 1 aromatic carbocycles. The number of benzene rings is 1. The highest BCUT2D eigenvalue weighted by molar-refractivity contribution is 5.89. The second-order valence-corrected chi connectivity index (χ2v) is 4.06. The van der Waals surface area contributed by atoms with E-state index in [1.165, 1.54) is 0 Å². The van der Waals surface area contributed by atoms with Crippen molar-refractivity contribution >= 4 is 17.6 Å². The summed E-state index contributed by atoms with van der Waals surface area (Å²) < 4.78 is 0. The predicted octanol–water partition coefficient (Wildman–Crippen LogP) is 0.583. The number of aliphatic imine (C=N–C) groups is 1. The SMILES string of the molecule is NC(=O)C1CCCN1C(N)=Nc1ccccc1. The van der Waals surface area contributed by atoms with Gasteiger partial charge >= 0.3 is 0 Å². The number of nitrogens with two attached hydrogens (primary N) is 2. The minimum Gasteiger partial charge on any atom is -0.369 e. The highest BCUT2D eigenvalue weighted by atomic mass is 16.1. The quantitative estimate of drug-likeness (QED) is 0.578. The van der Waals surface area contributed by atoms with E-state index in [1.807, 2.05) is 30.3 Å². The van der Waals surface area contributed by atoms with E-state index in [2.05, 4.69) is 4.99 Å². The van der Waals surface area contributed by atoms with Gasteiger partial charge in [-0.25, -0.2) is 4.99 Å². The Hall–Kier alpha value is -2.04. The van der Waals surface area contributed by atoms with Crippen molar-refractivity contribution in [2.45, 2.75) is 18.9 Å². The maximum atomic E-state index is 11.2. The molecule has 17 heavy (non-hydrogen) atoms. The van der Waals surface area contributed by atoms with Gasteiger partial charge in [0.25, 0.3) is 0 Å². The number of carbonyl (C=O) groups is 1. The molecule has 0 spiro atoms. The number of guanidine groups is 1. The first-order chi connectivity index (χ1) is 8.18. The van der Waals surface area contributed by atoms with Crippen LogP contribution in [0.2, 0.25) is 0 Å². The van der Waals surface area contributed by atoms with E-state index in [4.69, 9.17) is 11.5 Å². The van der Waals surface area contributed by atoms with Gasteiger partial charge in [-0.2, -0.15) is 0 Å². The molecule has 1 saturated heterocycles. The minimum absolute atomic E-state index is 0.317. The normalized spacial score (nSPS) is 20.6. The molecule has 1 fully saturated rings. The highest BCUT2D eigenvalue weighted by Gasteiger charge is 2.30. The Bertz CT molecular complexity index is 429. The second-order valence-electron chi connectivity index (χ2n) is 4.06. The number of nitrogens with zero attached hydrogens (tertiary/aromatic N) is 2. The summed E-state index contributed by atoms with van der Waals surface area (Å²) in [5.41, 5.74) is 12.0. The molecule has 1 aliphatic heterocycles. The third-order valence-electron chi connectivity index (χ3n) is 2.88. The van der Waals surface area contributed by atoms with Gasteiger partial charge in [-0.15, -0.1) is 0 Å². The minimum atomic E-state index is -0.339. The molecule has 5 heteroatoms. The first-order valence-electron chi connectivity index (χ1n) is 5.63. The molecule has 1 aromatic rings. The number of para-hydroxylation sites is 1. The van der Waals surface area contributed by atoms with Gasteiger partial charge in [0, 0.05) is 6.54 Å². The van der Waals surface area contributed by atoms with Crippen LogP contribution in [0.3, 0.4) is 0 Å². The van der Waals surface area contributed by atoms with Gasteiger partial charge in [0.05, 0.1) is 5.69 Å². The van der Waals surface area contributed by atoms with Crippen LogP contribution >= 0.6 is 0 Å². The van der Waals surface area contributed by atoms with E-state index < -0.39 is 0 Å². The van der Waals surface area contributed by atoms with Crippen LogP contribution in [0.5, 0.6) is 0 Å². The molecular formula is C12H16N4O. The standard InChI is InChI=1S/C12H16N4O/c13-11(17)10-7-4-8-16(10)12(14)15-9-5-2-1-3-6-9/h1-3,5-6,10H,4,7-8H2,(H2,13,17)(H2,14,15). The number of rotatable bonds is 2. The Labute approximate surface area is 100 Å². The van der Waals surface area contributed by atoms with Crippen molar-refractivity contribution in [1.29, 1.82) is 0 Å². The lowest BCUT2D eigenvalue weighted by Crippen LogP contribution is -2.46. The van der Waals surface area contributed by atoms with E-state index in [9.17, 15) is 4.79 Å². The fourth-order valence-corrected chi connectivity index (χ4v) is 2.04. The van der Waals surface area contributed by atoms with Crippen LogP contribution < -0.4 is 11.5 Å². The van der Waals surface area contributed by atoms with Crippen LogP contribution in [0.25, 0.3) is 0 Å². The average molecular weight is 232 g/mol. The summed E-state index contributed by atoms with van der Waals surface area (Å²) in [5, 5.41) is 0. The van der Waals surface area contributed by atoms with E-state index in [0.29, 0.717) is 5.96 Å². The Kier molecular flexibility index (Phi) is 3.27. The van der Waals surface area contributed by atoms with Crippen molar-refractivity contribution in [3.8, 4) is 0 Å². The van der Waals surface area contributed by atoms with Crippen LogP contribution in [0.15, 0.2) is 35.3 Å². The van der Waals surface area contributed by atoms with E-state index >= 15 is 0 Å². The zero-order valence-electron chi connectivity index (χ0n) is 9.54. The number of amides is 1. The van der Waals surface area contributed by atoms with Crippen LogP contribution in [0.4, 0.5) is 5.69 Å². The number of hydrogen-bond acceptors (Lipinski definition) is 2. The average Bonchev–Trinajstić information content (AvgIpc) is 2.79. The summed E-state index contributed by atoms with van der Waals surface area (Å²) in [7, 11) is 0. The van der Waals surface area contributed by atoms with Gasteiger partial charge in [0.1, 0.15) is 6.04 Å². The Morgan fingerprint density at radius 1 is 1.29 bits per heavy atom. The monoisotopic (exact) mass is 232 g/mol. The summed E-state index contributed by atoms with van der Waals surface area (Å²) in [6.45, 7) is 0.732. The van der Waals surface area contributed by atoms with Crippen molar-refractivity contribution in [3.05, 3.63) is 30.3 Å². The molecule has 0 aliphatic carbocycles. The summed E-state index contributed by atoms with van der Waals surface area (Å²) in [5.74, 6) is 0.0196. The number of primary amides is 1. The van der Waals surface area contributed by atoms with Crippen LogP contribution in [-0.4, -0.2) is 29.4 Å². The van der Waals surface area contributed by atoms with Crippen molar-refractivity contribution in [2.24, 2.45) is 16.5 Å². The molecular weight excluding hydrogens is 216 g/mol. The molecule has 1 atom stereocenters. The van der Waals surface area contributed by atoms with Crippen molar-refractivity contribution in [3.63, 3.8) is 0 Å². The summed E-state index contributed by atoms with van der Waals surface area (Å²) in [4.78, 5) is 17.3. The molecule has 0 saturated carbocycles. The molecule has 1 amide bonds. The van der Waals surface area contributed by atoms with E-state index in [0.717, 1.165) is 25.1 Å². The molecule has 5 nitrogen and oxygen atoms in total. The largest absolute Gasteiger partial charge is 0.369 e. The van der Waals surface area contributed by atoms with E-state index in [1.54, 1.807) is 4.90 Å². The second kappa shape index (κ2) is 4.86. The van der Waals surface area contributed by atoms with Crippen LogP contribution in [0, 0.1) is 0 Å². The Morgan fingerprint density at radius 3 is 2.65 bits per heavy atom. The number of carbonyl (C=O) groups excluding carboxylic acids is 1. The molecule has 1 unspecified atom stereocenters. The third-order valence-corrected chi connectivity index (χ3v) is 2.88. The van der Waals surface area contributed by atoms with Gasteiger partial charge in [-0.3, -0.25) is 4.79 Å². The molecule has 0 bridgehead atoms. The summed E-state index contributed by atoms with van der Waals surface area (Å²) in [6, 6.07) is 9.10. The first-order valence-corrected chi connectivity index (χ1v) is 5.63. The molecule has 0 radical (unpaired) electrons. The van der Waals surface area contributed by atoms with Crippen molar-refractivity contribution in [1.82, 2.24) is 4.90 Å². The Morgan fingerprint density at radius 2 is 2.00 bits per heavy atom. The smallest absolute Gasteiger partial charge is 0.240 e. The lowest BCUT2D eigenvalue weighted by Gasteiger charge is -2.22. The van der Waals surface area contributed by atoms with Crippen molar-refractivity contribution < 1.29 is 4.79 Å². The van der Waals surface area contributed by atoms with Gasteiger partial charge < -0.3 is 16.4 Å². The molecule has 1 heterocycles. The number of likely N-dealkylation sites (tertiary alicyclic amines) is 1. The van der Waals surface area contributed by atoms with Gasteiger partial charge in [-0.1, -0.05) is 18.2 Å². The molecule has 2 rings (SSSR count). The Balaban J connectivity index is 2.17.